The van der Waals surface area contributed by atoms with Crippen molar-refractivity contribution in [2.24, 2.45) is 0 Å². The first-order chi connectivity index (χ1) is 9.51. The number of rotatable bonds is 5. The molecule has 0 saturated carbocycles. The maximum atomic E-state index is 10.6. The van der Waals surface area contributed by atoms with Crippen LogP contribution in [0, 0.1) is 10.1 Å². The van der Waals surface area contributed by atoms with Crippen molar-refractivity contribution in [3.63, 3.8) is 0 Å². The molecule has 110 valence electrons. The van der Waals surface area contributed by atoms with Gasteiger partial charge in [-0.2, -0.15) is 0 Å². The second-order valence-electron chi connectivity index (χ2n) is 5.06. The largest absolute Gasteiger partial charge is 0.387 e. The lowest BCUT2D eigenvalue weighted by molar-refractivity contribution is -0.384. The van der Waals surface area contributed by atoms with E-state index in [1.165, 1.54) is 12.1 Å². The fourth-order valence-electron chi connectivity index (χ4n) is 2.52. The average molecular weight is 280 g/mol. The Morgan fingerprint density at radius 3 is 2.50 bits per heavy atom. The van der Waals surface area contributed by atoms with Crippen LogP contribution in [0.2, 0.25) is 0 Å². The molecule has 0 radical (unpaired) electrons. The van der Waals surface area contributed by atoms with Gasteiger partial charge >= 0.3 is 0 Å². The molecule has 0 amide bonds. The first kappa shape index (κ1) is 14.9. The van der Waals surface area contributed by atoms with Crippen LogP contribution in [0.15, 0.2) is 24.3 Å². The van der Waals surface area contributed by atoms with Gasteiger partial charge in [0.25, 0.3) is 5.69 Å². The maximum Gasteiger partial charge on any atom is 0.269 e. The minimum atomic E-state index is -0.740. The van der Waals surface area contributed by atoms with Crippen LogP contribution in [-0.2, 0) is 4.74 Å². The molecule has 2 N–H and O–H groups in total. The van der Waals surface area contributed by atoms with Crippen LogP contribution >= 0.6 is 0 Å². The quantitative estimate of drug-likeness (QED) is 0.637. The Morgan fingerprint density at radius 2 is 2.05 bits per heavy atom. The third-order valence-corrected chi connectivity index (χ3v) is 3.96. The Balaban J connectivity index is 2.08. The number of ether oxygens (including phenoxy) is 1. The molecule has 1 aromatic rings. The molecular weight excluding hydrogens is 260 g/mol. The van der Waals surface area contributed by atoms with E-state index < -0.39 is 11.0 Å². The highest BCUT2D eigenvalue weighted by Crippen LogP contribution is 2.29. The highest BCUT2D eigenvalue weighted by Gasteiger charge is 2.39. The van der Waals surface area contributed by atoms with Crippen molar-refractivity contribution in [1.29, 1.82) is 0 Å². The van der Waals surface area contributed by atoms with E-state index in [0.29, 0.717) is 12.2 Å². The van der Waals surface area contributed by atoms with Gasteiger partial charge in [0.2, 0.25) is 0 Å². The molecule has 0 unspecified atom stereocenters. The van der Waals surface area contributed by atoms with Gasteiger partial charge in [-0.25, -0.2) is 0 Å². The Hall–Kier alpha value is -1.50. The summed E-state index contributed by atoms with van der Waals surface area (Å²) in [5.74, 6) is 0. The van der Waals surface area contributed by atoms with Crippen molar-refractivity contribution in [1.82, 2.24) is 5.32 Å². The first-order valence-corrected chi connectivity index (χ1v) is 6.85. The van der Waals surface area contributed by atoms with Crippen LogP contribution in [-0.4, -0.2) is 28.4 Å². The number of benzene rings is 1. The number of aliphatic hydroxyl groups is 1. The average Bonchev–Trinajstić information content (AvgIpc) is 2.92. The van der Waals surface area contributed by atoms with E-state index in [4.69, 9.17) is 4.74 Å². The van der Waals surface area contributed by atoms with Crippen molar-refractivity contribution < 1.29 is 14.8 Å². The zero-order chi connectivity index (χ0) is 14.8. The van der Waals surface area contributed by atoms with Gasteiger partial charge in [0.05, 0.1) is 23.7 Å². The van der Waals surface area contributed by atoms with Crippen molar-refractivity contribution in [2.45, 2.75) is 44.6 Å². The molecule has 2 atom stereocenters. The van der Waals surface area contributed by atoms with Crippen molar-refractivity contribution in [3.05, 3.63) is 39.9 Å². The molecule has 1 saturated heterocycles. The Labute approximate surface area is 117 Å². The fourth-order valence-corrected chi connectivity index (χ4v) is 2.52. The number of nitrogens with one attached hydrogen (secondary N) is 1. The lowest BCUT2D eigenvalue weighted by Gasteiger charge is -2.27. The van der Waals surface area contributed by atoms with Crippen LogP contribution in [0.4, 0.5) is 5.69 Å². The lowest BCUT2D eigenvalue weighted by Crippen LogP contribution is -2.45. The normalized spacial score (nSPS) is 22.6. The molecule has 1 heterocycles. The number of nitrogens with zero attached hydrogens (tertiary/aromatic N) is 1. The summed E-state index contributed by atoms with van der Waals surface area (Å²) in [6, 6.07) is 5.78. The topological polar surface area (TPSA) is 84.6 Å². The van der Waals surface area contributed by atoms with Crippen molar-refractivity contribution in [3.8, 4) is 0 Å². The summed E-state index contributed by atoms with van der Waals surface area (Å²) in [4.78, 5) is 10.2. The third-order valence-electron chi connectivity index (χ3n) is 3.96. The van der Waals surface area contributed by atoms with Crippen LogP contribution < -0.4 is 5.32 Å². The zero-order valence-corrected chi connectivity index (χ0v) is 11.7. The van der Waals surface area contributed by atoms with Gasteiger partial charge in [-0.05, 0) is 30.5 Å². The van der Waals surface area contributed by atoms with Gasteiger partial charge < -0.3 is 9.84 Å². The van der Waals surface area contributed by atoms with Gasteiger partial charge in [0, 0.05) is 12.1 Å². The Kier molecular flexibility index (Phi) is 4.37. The fraction of sp³-hybridized carbons (Fsp3) is 0.571. The molecule has 0 spiro atoms. The molecule has 1 aliphatic heterocycles. The van der Waals surface area contributed by atoms with Crippen molar-refractivity contribution >= 4 is 5.69 Å². The summed E-state index contributed by atoms with van der Waals surface area (Å²) in [6.45, 7) is 4.51. The standard InChI is InChI=1S/C14H20N2O4/c1-3-14(4-2)15-12(9-20-14)13(17)10-5-7-11(8-6-10)16(18)19/h5-8,12-13,15,17H,3-4,9H2,1-2H3/t12-,13-/m0/s1. The van der Waals surface area contributed by atoms with E-state index in [-0.39, 0.29) is 17.5 Å². The SMILES string of the molecule is CCC1(CC)N[C@H]([C@@H](O)c2ccc([N+](=O)[O-])cc2)CO1. The molecule has 1 aromatic carbocycles. The Morgan fingerprint density at radius 1 is 1.45 bits per heavy atom. The predicted molar refractivity (Wildman–Crippen MR) is 74.2 cm³/mol. The number of nitro groups is 1. The molecule has 1 fully saturated rings. The maximum absolute atomic E-state index is 10.6. The summed E-state index contributed by atoms with van der Waals surface area (Å²) >= 11 is 0. The summed E-state index contributed by atoms with van der Waals surface area (Å²) in [5, 5.41) is 24.3. The lowest BCUT2D eigenvalue weighted by atomic mass is 10.0. The monoisotopic (exact) mass is 280 g/mol. The van der Waals surface area contributed by atoms with Gasteiger partial charge in [0.15, 0.2) is 0 Å². The van der Waals surface area contributed by atoms with Gasteiger partial charge in [-0.1, -0.05) is 13.8 Å². The minimum absolute atomic E-state index is 0.0213. The van der Waals surface area contributed by atoms with E-state index in [1.807, 2.05) is 13.8 Å². The van der Waals surface area contributed by atoms with Crippen molar-refractivity contribution in [2.75, 3.05) is 6.61 Å². The third kappa shape index (κ3) is 2.82. The summed E-state index contributed by atoms with van der Waals surface area (Å²) in [5.41, 5.74) is 0.305. The van der Waals surface area contributed by atoms with E-state index in [9.17, 15) is 15.2 Å². The van der Waals surface area contributed by atoms with Crippen LogP contribution in [0.5, 0.6) is 0 Å². The molecule has 6 heteroatoms. The number of aliphatic hydroxyl groups excluding tert-OH is 1. The van der Waals surface area contributed by atoms with Gasteiger partial charge in [-0.15, -0.1) is 0 Å². The van der Waals surface area contributed by atoms with Crippen LogP contribution in [0.25, 0.3) is 0 Å². The predicted octanol–water partition coefficient (Wildman–Crippen LogP) is 2.13. The number of nitro benzene ring substituents is 1. The van der Waals surface area contributed by atoms with Crippen LogP contribution in [0.3, 0.4) is 0 Å². The molecule has 0 bridgehead atoms. The minimum Gasteiger partial charge on any atom is -0.387 e. The second-order valence-corrected chi connectivity index (χ2v) is 5.06. The highest BCUT2D eigenvalue weighted by molar-refractivity contribution is 5.34. The Bertz CT molecular complexity index is 471. The number of hydrogen-bond acceptors (Lipinski definition) is 5. The number of hydrogen-bond donors (Lipinski definition) is 2. The highest BCUT2D eigenvalue weighted by atomic mass is 16.6. The summed E-state index contributed by atoms with van der Waals surface area (Å²) in [6.07, 6.45) is 0.913. The molecule has 0 aliphatic carbocycles. The van der Waals surface area contributed by atoms with Gasteiger partial charge in [-0.3, -0.25) is 15.4 Å². The van der Waals surface area contributed by atoms with E-state index >= 15 is 0 Å². The number of non-ortho nitro benzene ring substituents is 1. The molecule has 20 heavy (non-hydrogen) atoms. The molecule has 6 nitrogen and oxygen atoms in total. The van der Waals surface area contributed by atoms with E-state index in [2.05, 4.69) is 5.32 Å². The van der Waals surface area contributed by atoms with Gasteiger partial charge in [0.1, 0.15) is 5.72 Å². The van der Waals surface area contributed by atoms with Crippen LogP contribution in [0.1, 0.15) is 38.4 Å². The zero-order valence-electron chi connectivity index (χ0n) is 11.7. The van der Waals surface area contributed by atoms with E-state index in [1.54, 1.807) is 12.1 Å². The summed E-state index contributed by atoms with van der Waals surface area (Å²) < 4.78 is 5.78. The molecule has 2 rings (SSSR count). The first-order valence-electron chi connectivity index (χ1n) is 6.85. The molecular formula is C14H20N2O4. The second kappa shape index (κ2) is 5.87. The molecule has 0 aromatic heterocycles. The smallest absolute Gasteiger partial charge is 0.269 e. The van der Waals surface area contributed by atoms with E-state index in [0.717, 1.165) is 12.8 Å². The molecule has 1 aliphatic rings. The summed E-state index contributed by atoms with van der Waals surface area (Å²) in [7, 11) is 0.